The van der Waals surface area contributed by atoms with Crippen LogP contribution in [0, 0.1) is 6.92 Å². The second-order valence-corrected chi connectivity index (χ2v) is 7.18. The zero-order valence-electron chi connectivity index (χ0n) is 13.0. The number of benzene rings is 1. The second kappa shape index (κ2) is 8.90. The summed E-state index contributed by atoms with van der Waals surface area (Å²) in [6.07, 6.45) is 3.18. The molecular weight excluding hydrogens is 314 g/mol. The van der Waals surface area contributed by atoms with Crippen LogP contribution >= 0.6 is 23.1 Å². The summed E-state index contributed by atoms with van der Waals surface area (Å²) in [5, 5.41) is 12.5. The number of nitrogens with one attached hydrogen (secondary N) is 1. The number of anilines is 1. The molecule has 118 valence electrons. The van der Waals surface area contributed by atoms with Crippen LogP contribution in [0.1, 0.15) is 35.9 Å². The number of carbonyl (C=O) groups is 1. The fourth-order valence-electron chi connectivity index (χ4n) is 1.83. The third-order valence-corrected chi connectivity index (χ3v) is 4.98. The number of aromatic nitrogens is 2. The lowest BCUT2D eigenvalue weighted by molar-refractivity contribution is -0.113. The summed E-state index contributed by atoms with van der Waals surface area (Å²) in [6.45, 7) is 4.22. The minimum Gasteiger partial charge on any atom is -0.300 e. The molecule has 2 rings (SSSR count). The third kappa shape index (κ3) is 5.77. The van der Waals surface area contributed by atoms with Crippen LogP contribution in [0.4, 0.5) is 5.13 Å². The summed E-state index contributed by atoms with van der Waals surface area (Å²) >= 11 is 3.07. The maximum Gasteiger partial charge on any atom is 0.236 e. The number of hydrogen-bond donors (Lipinski definition) is 1. The Kier molecular flexibility index (Phi) is 6.86. The van der Waals surface area contributed by atoms with Crippen molar-refractivity contribution in [1.82, 2.24) is 10.2 Å². The molecule has 0 atom stereocenters. The van der Waals surface area contributed by atoms with E-state index in [9.17, 15) is 4.79 Å². The van der Waals surface area contributed by atoms with Crippen LogP contribution in [0.2, 0.25) is 0 Å². The van der Waals surface area contributed by atoms with Crippen molar-refractivity contribution in [3.05, 3.63) is 40.4 Å². The lowest BCUT2D eigenvalue weighted by Gasteiger charge is -2.02. The summed E-state index contributed by atoms with van der Waals surface area (Å²) in [7, 11) is 0. The Bertz CT molecular complexity index is 596. The number of rotatable bonds is 8. The number of unbranched alkanes of at least 4 members (excludes halogenated alkanes) is 1. The van der Waals surface area contributed by atoms with Crippen molar-refractivity contribution >= 4 is 34.1 Å². The molecule has 0 aliphatic rings. The van der Waals surface area contributed by atoms with E-state index < -0.39 is 0 Å². The molecule has 0 spiro atoms. The predicted molar refractivity (Wildman–Crippen MR) is 94.5 cm³/mol. The van der Waals surface area contributed by atoms with E-state index in [2.05, 4.69) is 53.6 Å². The average molecular weight is 335 g/mol. The van der Waals surface area contributed by atoms with Gasteiger partial charge in [0.25, 0.3) is 0 Å². The molecule has 1 aromatic heterocycles. The number of carbonyl (C=O) groups excluding carboxylic acids is 1. The van der Waals surface area contributed by atoms with Gasteiger partial charge in [0.2, 0.25) is 11.0 Å². The van der Waals surface area contributed by atoms with E-state index in [1.165, 1.54) is 22.5 Å². The Morgan fingerprint density at radius 1 is 1.27 bits per heavy atom. The normalized spacial score (nSPS) is 10.6. The molecule has 0 radical (unpaired) electrons. The molecule has 1 amide bonds. The Hall–Kier alpha value is -1.40. The van der Waals surface area contributed by atoms with Gasteiger partial charge in [0, 0.05) is 12.2 Å². The number of hydrogen-bond acceptors (Lipinski definition) is 5. The minimum atomic E-state index is -0.0182. The Labute approximate surface area is 139 Å². The van der Waals surface area contributed by atoms with Crippen LogP contribution in [0.3, 0.4) is 0 Å². The smallest absolute Gasteiger partial charge is 0.236 e. The van der Waals surface area contributed by atoms with Gasteiger partial charge in [0.15, 0.2) is 0 Å². The molecule has 1 heterocycles. The maximum atomic E-state index is 11.9. The first-order valence-electron chi connectivity index (χ1n) is 7.43. The van der Waals surface area contributed by atoms with E-state index in [-0.39, 0.29) is 5.91 Å². The van der Waals surface area contributed by atoms with Crippen molar-refractivity contribution in [2.45, 2.75) is 38.9 Å². The first kappa shape index (κ1) is 17.0. The van der Waals surface area contributed by atoms with Crippen LogP contribution in [0.15, 0.2) is 24.3 Å². The van der Waals surface area contributed by atoms with E-state index in [0.717, 1.165) is 30.0 Å². The molecule has 1 aromatic carbocycles. The lowest BCUT2D eigenvalue weighted by atomic mass is 10.2. The quantitative estimate of drug-likeness (QED) is 0.790. The van der Waals surface area contributed by atoms with E-state index in [0.29, 0.717) is 10.9 Å². The molecule has 0 fully saturated rings. The van der Waals surface area contributed by atoms with Gasteiger partial charge < -0.3 is 0 Å². The topological polar surface area (TPSA) is 54.9 Å². The van der Waals surface area contributed by atoms with Gasteiger partial charge in [-0.15, -0.1) is 22.0 Å². The number of amides is 1. The second-order valence-electron chi connectivity index (χ2n) is 5.13. The standard InChI is InChI=1S/C16H21N3OS2/c1-3-4-5-15-18-19-16(22-15)17-14(20)11-21-10-13-8-6-12(2)7-9-13/h6-9H,3-5,10-11H2,1-2H3,(H,17,19,20). The SMILES string of the molecule is CCCCc1nnc(NC(=O)CSCc2ccc(C)cc2)s1. The summed E-state index contributed by atoms with van der Waals surface area (Å²) in [5.74, 6) is 1.25. The first-order valence-corrected chi connectivity index (χ1v) is 9.40. The zero-order chi connectivity index (χ0) is 15.8. The number of nitrogens with zero attached hydrogens (tertiary/aromatic N) is 2. The maximum absolute atomic E-state index is 11.9. The van der Waals surface area contributed by atoms with Crippen molar-refractivity contribution in [2.75, 3.05) is 11.1 Å². The van der Waals surface area contributed by atoms with Gasteiger partial charge in [-0.05, 0) is 18.9 Å². The van der Waals surface area contributed by atoms with Crippen LogP contribution in [0.25, 0.3) is 0 Å². The molecular formula is C16H21N3OS2. The molecule has 0 aliphatic heterocycles. The highest BCUT2D eigenvalue weighted by molar-refractivity contribution is 7.99. The molecule has 6 heteroatoms. The van der Waals surface area contributed by atoms with Gasteiger partial charge in [0.1, 0.15) is 5.01 Å². The summed E-state index contributed by atoms with van der Waals surface area (Å²) < 4.78 is 0. The highest BCUT2D eigenvalue weighted by Crippen LogP contribution is 2.18. The molecule has 1 N–H and O–H groups in total. The number of aryl methyl sites for hydroxylation is 2. The van der Waals surface area contributed by atoms with E-state index in [1.54, 1.807) is 11.8 Å². The molecule has 0 unspecified atom stereocenters. The largest absolute Gasteiger partial charge is 0.300 e. The van der Waals surface area contributed by atoms with Crippen molar-refractivity contribution in [1.29, 1.82) is 0 Å². The molecule has 0 aliphatic carbocycles. The van der Waals surface area contributed by atoms with Crippen molar-refractivity contribution in [3.63, 3.8) is 0 Å². The summed E-state index contributed by atoms with van der Waals surface area (Å²) in [5.41, 5.74) is 2.49. The first-order chi connectivity index (χ1) is 10.7. The molecule has 4 nitrogen and oxygen atoms in total. The van der Waals surface area contributed by atoms with Gasteiger partial charge >= 0.3 is 0 Å². The Balaban J connectivity index is 1.71. The van der Waals surface area contributed by atoms with E-state index in [1.807, 2.05) is 0 Å². The fourth-order valence-corrected chi connectivity index (χ4v) is 3.42. The minimum absolute atomic E-state index is 0.0182. The van der Waals surface area contributed by atoms with Gasteiger partial charge in [-0.25, -0.2) is 0 Å². The lowest BCUT2D eigenvalue weighted by Crippen LogP contribution is -2.13. The Morgan fingerprint density at radius 3 is 2.77 bits per heavy atom. The third-order valence-electron chi connectivity index (χ3n) is 3.08. The van der Waals surface area contributed by atoms with Gasteiger partial charge in [-0.2, -0.15) is 0 Å². The summed E-state index contributed by atoms with van der Waals surface area (Å²) in [6, 6.07) is 8.39. The van der Waals surface area contributed by atoms with E-state index in [4.69, 9.17) is 0 Å². The van der Waals surface area contributed by atoms with E-state index >= 15 is 0 Å². The van der Waals surface area contributed by atoms with Crippen LogP contribution < -0.4 is 5.32 Å². The van der Waals surface area contributed by atoms with Gasteiger partial charge in [-0.1, -0.05) is 54.5 Å². The van der Waals surface area contributed by atoms with Crippen molar-refractivity contribution in [3.8, 4) is 0 Å². The predicted octanol–water partition coefficient (Wildman–Crippen LogP) is 4.06. The summed E-state index contributed by atoms with van der Waals surface area (Å²) in [4.78, 5) is 11.9. The van der Waals surface area contributed by atoms with Crippen LogP contribution in [-0.2, 0) is 17.0 Å². The van der Waals surface area contributed by atoms with Gasteiger partial charge in [0.05, 0.1) is 5.75 Å². The highest BCUT2D eigenvalue weighted by atomic mass is 32.2. The monoisotopic (exact) mass is 335 g/mol. The van der Waals surface area contributed by atoms with Gasteiger partial charge in [-0.3, -0.25) is 10.1 Å². The number of thioether (sulfide) groups is 1. The van der Waals surface area contributed by atoms with Crippen LogP contribution in [-0.4, -0.2) is 21.9 Å². The average Bonchev–Trinajstić information content (AvgIpc) is 2.94. The molecule has 2 aromatic rings. The molecule has 0 saturated heterocycles. The molecule has 0 saturated carbocycles. The zero-order valence-corrected chi connectivity index (χ0v) is 14.6. The van der Waals surface area contributed by atoms with Crippen LogP contribution in [0.5, 0.6) is 0 Å². The fraction of sp³-hybridized carbons (Fsp3) is 0.438. The highest BCUT2D eigenvalue weighted by Gasteiger charge is 2.08. The molecule has 22 heavy (non-hydrogen) atoms. The van der Waals surface area contributed by atoms with Crippen molar-refractivity contribution < 1.29 is 4.79 Å². The molecule has 0 bridgehead atoms. The Morgan fingerprint density at radius 2 is 2.05 bits per heavy atom. The van der Waals surface area contributed by atoms with Crippen molar-refractivity contribution in [2.24, 2.45) is 0 Å².